The van der Waals surface area contributed by atoms with Crippen LogP contribution in [0.25, 0.3) is 0 Å². The Morgan fingerprint density at radius 2 is 1.40 bits per heavy atom. The van der Waals surface area contributed by atoms with Crippen molar-refractivity contribution in [1.82, 2.24) is 0 Å². The van der Waals surface area contributed by atoms with Crippen LogP contribution in [0.5, 0.6) is 0 Å². The zero-order valence-corrected chi connectivity index (χ0v) is 3.28. The van der Waals surface area contributed by atoms with E-state index in [4.69, 9.17) is 13.8 Å². The van der Waals surface area contributed by atoms with Crippen LogP contribution in [0.1, 0.15) is 19.3 Å². The van der Waals surface area contributed by atoms with Crippen molar-refractivity contribution in [3.63, 3.8) is 0 Å². The Labute approximate surface area is 34.2 Å². The van der Waals surface area contributed by atoms with E-state index in [1.807, 2.05) is 0 Å². The van der Waals surface area contributed by atoms with Gasteiger partial charge in [-0.15, -0.1) is 0 Å². The van der Waals surface area contributed by atoms with Crippen molar-refractivity contribution in [3.05, 3.63) is 13.8 Å². The van der Waals surface area contributed by atoms with Gasteiger partial charge in [0.2, 0.25) is 0 Å². The van der Waals surface area contributed by atoms with Crippen LogP contribution in [0.4, 0.5) is 0 Å². The molecule has 0 aliphatic rings. The second kappa shape index (κ2) is 4.00. The van der Waals surface area contributed by atoms with Gasteiger partial charge >= 0.3 is 0 Å². The Morgan fingerprint density at radius 3 is 1.40 bits per heavy atom. The largest absolute Gasteiger partial charge is 0.0527 e. The molecule has 0 aromatic rings. The molecule has 0 saturated carbocycles. The summed E-state index contributed by atoms with van der Waals surface area (Å²) in [7, 11) is 0. The lowest BCUT2D eigenvalue weighted by Crippen LogP contribution is -1.60. The molecule has 0 heteroatoms. The van der Waals surface area contributed by atoms with Gasteiger partial charge in [0.05, 0.1) is 0 Å². The highest BCUT2D eigenvalue weighted by atomic mass is 13.7. The van der Waals surface area contributed by atoms with Crippen LogP contribution >= 0.6 is 0 Å². The lowest BCUT2D eigenvalue weighted by molar-refractivity contribution is 0.864. The summed E-state index contributed by atoms with van der Waals surface area (Å²) in [5, 5.41) is 0. The van der Waals surface area contributed by atoms with Crippen LogP contribution in [0, 0.1) is 13.8 Å². The lowest BCUT2D eigenvalue weighted by Gasteiger charge is -1.78. The van der Waals surface area contributed by atoms with Crippen LogP contribution in [0.3, 0.4) is 0 Å². The van der Waals surface area contributed by atoms with Gasteiger partial charge in [-0.3, -0.25) is 0 Å². The van der Waals surface area contributed by atoms with Crippen LogP contribution in [-0.2, 0) is 0 Å². The summed E-state index contributed by atoms with van der Waals surface area (Å²) < 4.78 is 0. The second-order valence-corrected chi connectivity index (χ2v) is 0.931. The van der Waals surface area contributed by atoms with Crippen molar-refractivity contribution in [3.8, 4) is 0 Å². The van der Waals surface area contributed by atoms with Gasteiger partial charge in [0.25, 0.3) is 0 Å². The molecule has 0 aromatic heterocycles. The van der Waals surface area contributed by atoms with Crippen LogP contribution in [-0.4, -0.2) is 0 Å². The molecule has 28 valence electrons. The summed E-state index contributed by atoms with van der Waals surface area (Å²) in [4.78, 5) is 0. The zero-order chi connectivity index (χ0) is 4.12. The normalized spacial score (nSPS) is 8.40. The molecule has 0 saturated heterocycles. The number of rotatable bonds is 2. The predicted octanol–water partition coefficient (Wildman–Crippen LogP) is 1.58. The Kier molecular flexibility index (Phi) is 4.00. The molecule has 0 aromatic carbocycles. The number of hydrogen-bond acceptors (Lipinski definition) is 0. The molecule has 0 bridgehead atoms. The van der Waals surface area contributed by atoms with E-state index in [0.29, 0.717) is 0 Å². The molecule has 0 aliphatic carbocycles. The zero-order valence-electron chi connectivity index (χ0n) is 3.28. The maximum absolute atomic E-state index is 5.06. The van der Waals surface area contributed by atoms with Gasteiger partial charge in [-0.25, -0.2) is 0 Å². The fraction of sp³-hybridized carbons (Fsp3) is 0.600. The second-order valence-electron chi connectivity index (χ2n) is 0.931. The fourth-order valence-electron chi connectivity index (χ4n) is 0.118. The summed E-state index contributed by atoms with van der Waals surface area (Å²) in [5.41, 5.74) is 0. The highest BCUT2D eigenvalue weighted by Gasteiger charge is 1.69. The molecule has 0 nitrogen and oxygen atoms in total. The molecule has 0 atom stereocenters. The van der Waals surface area contributed by atoms with E-state index in [2.05, 4.69) is 0 Å². The first kappa shape index (κ1) is 5.00. The molecule has 0 amide bonds. The Hall–Kier alpha value is 0. The number of unbranched alkanes of at least 4 members (excludes halogenated alkanes) is 2. The summed E-state index contributed by atoms with van der Waals surface area (Å²) in [6.07, 6.45) is 2.38. The first-order chi connectivity index (χ1) is 2.41. The number of hydrogen-bond donors (Lipinski definition) is 0. The average Bonchev–Trinajstić information content (AvgIpc) is 1.41. The predicted molar refractivity (Wildman–Crippen MR) is 22.5 cm³/mol. The van der Waals surface area contributed by atoms with Gasteiger partial charge in [0, 0.05) is 0 Å². The molecular weight excluding hydrogens is 60.1 g/mol. The van der Waals surface area contributed by atoms with Crippen molar-refractivity contribution >= 4 is 0 Å². The lowest BCUT2D eigenvalue weighted by atomic mass is 10.3. The van der Waals surface area contributed by atoms with E-state index < -0.39 is 0 Å². The molecular formula is C5H8. The van der Waals surface area contributed by atoms with Gasteiger partial charge < -0.3 is 0 Å². The van der Waals surface area contributed by atoms with Crippen molar-refractivity contribution in [2.45, 2.75) is 19.3 Å². The Balaban J connectivity index is 2.19. The highest BCUT2D eigenvalue weighted by Crippen LogP contribution is 1.87. The third-order valence-corrected chi connectivity index (χ3v) is 0.408. The molecule has 0 rings (SSSR count). The fourth-order valence-corrected chi connectivity index (χ4v) is 0.118. The molecule has 0 aliphatic heterocycles. The average molecular weight is 68.1 g/mol. The molecule has 0 fully saturated rings. The Morgan fingerprint density at radius 1 is 1.00 bits per heavy atom. The van der Waals surface area contributed by atoms with E-state index in [1.54, 1.807) is 0 Å². The minimum absolute atomic E-state index is 0.719. The van der Waals surface area contributed by atoms with Crippen molar-refractivity contribution in [1.29, 1.82) is 0 Å². The topological polar surface area (TPSA) is 0 Å². The Bertz CT molecular complexity index is 7.51. The SMILES string of the molecule is [CH]CCC[CH]. The van der Waals surface area contributed by atoms with Crippen molar-refractivity contribution in [2.75, 3.05) is 0 Å². The smallest absolute Gasteiger partial charge is 0.0352 e. The van der Waals surface area contributed by atoms with Crippen molar-refractivity contribution in [2.24, 2.45) is 0 Å². The van der Waals surface area contributed by atoms with Gasteiger partial charge in [-0.2, -0.15) is 0 Å². The molecule has 0 heterocycles. The quantitative estimate of drug-likeness (QED) is 0.461. The third kappa shape index (κ3) is 4.00. The van der Waals surface area contributed by atoms with Gasteiger partial charge in [-0.05, 0) is 26.7 Å². The molecule has 5 heavy (non-hydrogen) atoms. The van der Waals surface area contributed by atoms with E-state index in [0.717, 1.165) is 19.3 Å². The molecule has 0 N–H and O–H groups in total. The summed E-state index contributed by atoms with van der Waals surface area (Å²) >= 11 is 0. The van der Waals surface area contributed by atoms with Gasteiger partial charge in [0.15, 0.2) is 0 Å². The summed E-state index contributed by atoms with van der Waals surface area (Å²) in [6.45, 7) is 10.1. The van der Waals surface area contributed by atoms with Crippen LogP contribution in [0.2, 0.25) is 0 Å². The third-order valence-electron chi connectivity index (χ3n) is 0.408. The standard InChI is InChI=1S/C5H8/c1-3-5-4-2/h1-2H,3-5H2. The van der Waals surface area contributed by atoms with Gasteiger partial charge in [-0.1, -0.05) is 6.42 Å². The van der Waals surface area contributed by atoms with E-state index in [1.165, 1.54) is 0 Å². The highest BCUT2D eigenvalue weighted by molar-refractivity contribution is 4.41. The van der Waals surface area contributed by atoms with Crippen molar-refractivity contribution < 1.29 is 0 Å². The minimum Gasteiger partial charge on any atom is -0.0527 e. The molecule has 0 spiro atoms. The molecule has 4 radical (unpaired) electrons. The van der Waals surface area contributed by atoms with E-state index in [-0.39, 0.29) is 0 Å². The van der Waals surface area contributed by atoms with Crippen LogP contribution < -0.4 is 0 Å². The van der Waals surface area contributed by atoms with Crippen LogP contribution in [0.15, 0.2) is 0 Å². The molecule has 0 unspecified atom stereocenters. The first-order valence-corrected chi connectivity index (χ1v) is 1.82. The summed E-state index contributed by atoms with van der Waals surface area (Å²) in [6, 6.07) is 0. The summed E-state index contributed by atoms with van der Waals surface area (Å²) in [5.74, 6) is 0. The van der Waals surface area contributed by atoms with E-state index >= 15 is 0 Å². The monoisotopic (exact) mass is 68.1 g/mol. The minimum atomic E-state index is 0.719. The first-order valence-electron chi connectivity index (χ1n) is 1.82. The van der Waals surface area contributed by atoms with Gasteiger partial charge in [0.1, 0.15) is 0 Å². The van der Waals surface area contributed by atoms with E-state index in [9.17, 15) is 0 Å². The maximum Gasteiger partial charge on any atom is -0.0352 e. The maximum atomic E-state index is 5.06.